The zero-order valence-corrected chi connectivity index (χ0v) is 8.75. The summed E-state index contributed by atoms with van der Waals surface area (Å²) in [5.74, 6) is 0.662. The summed E-state index contributed by atoms with van der Waals surface area (Å²) in [4.78, 5) is 0. The maximum atomic E-state index is 6.10. The van der Waals surface area contributed by atoms with Crippen LogP contribution in [-0.4, -0.2) is 0 Å². The van der Waals surface area contributed by atoms with E-state index in [0.717, 1.165) is 6.42 Å². The molecule has 1 rings (SSSR count). The third kappa shape index (κ3) is 2.85. The van der Waals surface area contributed by atoms with E-state index in [1.165, 1.54) is 11.1 Å². The monoisotopic (exact) mass is 177 g/mol. The van der Waals surface area contributed by atoms with Crippen molar-refractivity contribution in [3.8, 4) is 0 Å². The van der Waals surface area contributed by atoms with Gasteiger partial charge in [-0.05, 0) is 30.4 Å². The normalized spacial score (nSPS) is 13.3. The van der Waals surface area contributed by atoms with Crippen LogP contribution in [0, 0.1) is 12.8 Å². The standard InChI is InChI=1S/C12H19N/c1-9(2)8-12(13)11-7-5-4-6-10(11)3/h4-7,9,12H,8,13H2,1-3H3/t12-/m1/s1. The van der Waals surface area contributed by atoms with E-state index in [-0.39, 0.29) is 6.04 Å². The summed E-state index contributed by atoms with van der Waals surface area (Å²) >= 11 is 0. The first-order valence-electron chi connectivity index (χ1n) is 4.92. The van der Waals surface area contributed by atoms with Crippen molar-refractivity contribution < 1.29 is 0 Å². The Hall–Kier alpha value is -0.820. The first kappa shape index (κ1) is 10.3. The van der Waals surface area contributed by atoms with Gasteiger partial charge >= 0.3 is 0 Å². The molecule has 0 aliphatic rings. The minimum Gasteiger partial charge on any atom is -0.324 e. The Morgan fingerprint density at radius 3 is 2.38 bits per heavy atom. The lowest BCUT2D eigenvalue weighted by Gasteiger charge is -2.16. The van der Waals surface area contributed by atoms with Gasteiger partial charge in [0.25, 0.3) is 0 Å². The molecule has 0 unspecified atom stereocenters. The molecule has 1 heteroatoms. The molecule has 2 N–H and O–H groups in total. The number of nitrogens with two attached hydrogens (primary N) is 1. The van der Waals surface area contributed by atoms with E-state index in [9.17, 15) is 0 Å². The molecule has 1 aromatic rings. The van der Waals surface area contributed by atoms with Crippen LogP contribution in [0.3, 0.4) is 0 Å². The van der Waals surface area contributed by atoms with Crippen molar-refractivity contribution in [3.63, 3.8) is 0 Å². The van der Waals surface area contributed by atoms with Gasteiger partial charge in [-0.15, -0.1) is 0 Å². The molecule has 13 heavy (non-hydrogen) atoms. The lowest BCUT2D eigenvalue weighted by atomic mass is 9.95. The van der Waals surface area contributed by atoms with Crippen LogP contribution in [0.5, 0.6) is 0 Å². The summed E-state index contributed by atoms with van der Waals surface area (Å²) in [5, 5.41) is 0. The van der Waals surface area contributed by atoms with Crippen LogP contribution in [0.25, 0.3) is 0 Å². The Labute approximate surface area is 81.0 Å². The maximum absolute atomic E-state index is 6.10. The number of hydrogen-bond donors (Lipinski definition) is 1. The molecule has 1 aromatic carbocycles. The van der Waals surface area contributed by atoms with E-state index >= 15 is 0 Å². The second kappa shape index (κ2) is 4.43. The predicted molar refractivity (Wildman–Crippen MR) is 57.6 cm³/mol. The van der Waals surface area contributed by atoms with Gasteiger partial charge < -0.3 is 5.73 Å². The third-order valence-corrected chi connectivity index (χ3v) is 2.31. The molecule has 1 nitrogen and oxygen atoms in total. The van der Waals surface area contributed by atoms with Gasteiger partial charge in [0, 0.05) is 6.04 Å². The topological polar surface area (TPSA) is 26.0 Å². The molecule has 0 aromatic heterocycles. The van der Waals surface area contributed by atoms with Gasteiger partial charge in [-0.25, -0.2) is 0 Å². The molecule has 0 aliphatic heterocycles. The van der Waals surface area contributed by atoms with Crippen molar-refractivity contribution in [3.05, 3.63) is 35.4 Å². The molecule has 0 radical (unpaired) electrons. The molecule has 0 heterocycles. The zero-order valence-electron chi connectivity index (χ0n) is 8.75. The summed E-state index contributed by atoms with van der Waals surface area (Å²) in [6.07, 6.45) is 1.06. The Morgan fingerprint density at radius 2 is 1.85 bits per heavy atom. The zero-order chi connectivity index (χ0) is 9.84. The average molecular weight is 177 g/mol. The van der Waals surface area contributed by atoms with E-state index in [1.54, 1.807) is 0 Å². The fourth-order valence-electron chi connectivity index (χ4n) is 1.64. The van der Waals surface area contributed by atoms with Crippen LogP contribution in [0.1, 0.15) is 37.4 Å². The minimum atomic E-state index is 0.196. The SMILES string of the molecule is Cc1ccccc1[C@H](N)CC(C)C. The summed E-state index contributed by atoms with van der Waals surface area (Å²) < 4.78 is 0. The number of hydrogen-bond acceptors (Lipinski definition) is 1. The van der Waals surface area contributed by atoms with Crippen LogP contribution in [-0.2, 0) is 0 Å². The quantitative estimate of drug-likeness (QED) is 0.754. The van der Waals surface area contributed by atoms with E-state index in [1.807, 2.05) is 0 Å². The van der Waals surface area contributed by atoms with Crippen molar-refractivity contribution >= 4 is 0 Å². The van der Waals surface area contributed by atoms with Gasteiger partial charge in [0.2, 0.25) is 0 Å². The second-order valence-corrected chi connectivity index (χ2v) is 4.09. The van der Waals surface area contributed by atoms with Gasteiger partial charge in [0.05, 0.1) is 0 Å². The Bertz CT molecular complexity index is 266. The molecular weight excluding hydrogens is 158 g/mol. The van der Waals surface area contributed by atoms with Crippen molar-refractivity contribution in [2.45, 2.75) is 33.2 Å². The average Bonchev–Trinajstić information content (AvgIpc) is 2.03. The van der Waals surface area contributed by atoms with Crippen LogP contribution >= 0.6 is 0 Å². The van der Waals surface area contributed by atoms with Crippen molar-refractivity contribution in [2.75, 3.05) is 0 Å². The van der Waals surface area contributed by atoms with Crippen LogP contribution < -0.4 is 5.73 Å². The van der Waals surface area contributed by atoms with Gasteiger partial charge in [-0.1, -0.05) is 38.1 Å². The molecule has 0 spiro atoms. The summed E-state index contributed by atoms with van der Waals surface area (Å²) in [6, 6.07) is 8.56. The molecule has 0 amide bonds. The molecule has 1 atom stereocenters. The fraction of sp³-hybridized carbons (Fsp3) is 0.500. The van der Waals surface area contributed by atoms with Crippen LogP contribution in [0.4, 0.5) is 0 Å². The highest BCUT2D eigenvalue weighted by Gasteiger charge is 2.09. The molecule has 0 saturated heterocycles. The van der Waals surface area contributed by atoms with Crippen molar-refractivity contribution in [2.24, 2.45) is 11.7 Å². The largest absolute Gasteiger partial charge is 0.324 e. The molecule has 0 bridgehead atoms. The minimum absolute atomic E-state index is 0.196. The first-order chi connectivity index (χ1) is 6.11. The summed E-state index contributed by atoms with van der Waals surface area (Å²) in [6.45, 7) is 6.53. The van der Waals surface area contributed by atoms with Gasteiger partial charge in [-0.3, -0.25) is 0 Å². The van der Waals surface area contributed by atoms with Gasteiger partial charge in [0.15, 0.2) is 0 Å². The number of aryl methyl sites for hydroxylation is 1. The molecule has 0 fully saturated rings. The Balaban J connectivity index is 2.76. The molecule has 0 aliphatic carbocycles. The maximum Gasteiger partial charge on any atom is 0.0299 e. The fourth-order valence-corrected chi connectivity index (χ4v) is 1.64. The van der Waals surface area contributed by atoms with E-state index in [0.29, 0.717) is 5.92 Å². The van der Waals surface area contributed by atoms with Crippen LogP contribution in [0.15, 0.2) is 24.3 Å². The second-order valence-electron chi connectivity index (χ2n) is 4.09. The van der Waals surface area contributed by atoms with Crippen LogP contribution in [0.2, 0.25) is 0 Å². The smallest absolute Gasteiger partial charge is 0.0299 e. The predicted octanol–water partition coefficient (Wildman–Crippen LogP) is 3.04. The van der Waals surface area contributed by atoms with E-state index in [2.05, 4.69) is 45.0 Å². The molecule has 0 saturated carbocycles. The molecular formula is C12H19N. The lowest BCUT2D eigenvalue weighted by Crippen LogP contribution is -2.13. The van der Waals surface area contributed by atoms with Crippen molar-refractivity contribution in [1.82, 2.24) is 0 Å². The highest BCUT2D eigenvalue weighted by molar-refractivity contribution is 5.28. The molecule has 72 valence electrons. The lowest BCUT2D eigenvalue weighted by molar-refractivity contribution is 0.508. The van der Waals surface area contributed by atoms with Gasteiger partial charge in [-0.2, -0.15) is 0 Å². The number of benzene rings is 1. The number of rotatable bonds is 3. The highest BCUT2D eigenvalue weighted by Crippen LogP contribution is 2.21. The summed E-state index contributed by atoms with van der Waals surface area (Å²) in [7, 11) is 0. The summed E-state index contributed by atoms with van der Waals surface area (Å²) in [5.41, 5.74) is 8.69. The van der Waals surface area contributed by atoms with Gasteiger partial charge in [0.1, 0.15) is 0 Å². The Morgan fingerprint density at radius 1 is 1.23 bits per heavy atom. The third-order valence-electron chi connectivity index (χ3n) is 2.31. The van der Waals surface area contributed by atoms with E-state index in [4.69, 9.17) is 5.73 Å². The highest BCUT2D eigenvalue weighted by atomic mass is 14.6. The Kier molecular flexibility index (Phi) is 3.49. The van der Waals surface area contributed by atoms with E-state index < -0.39 is 0 Å². The first-order valence-corrected chi connectivity index (χ1v) is 4.92. The van der Waals surface area contributed by atoms with Crippen molar-refractivity contribution in [1.29, 1.82) is 0 Å².